The van der Waals surface area contributed by atoms with E-state index in [9.17, 15) is 27.9 Å². The number of aliphatic hydroxyl groups is 1. The van der Waals surface area contributed by atoms with Gasteiger partial charge >= 0.3 is 12.2 Å². The average molecular weight is 327 g/mol. The summed E-state index contributed by atoms with van der Waals surface area (Å²) in [5, 5.41) is 22.3. The Hall–Kier alpha value is -2.60. The number of urea groups is 1. The van der Waals surface area contributed by atoms with Crippen LogP contribution in [0.2, 0.25) is 0 Å². The quantitative estimate of drug-likeness (QED) is 0.763. The highest BCUT2D eigenvalue weighted by Crippen LogP contribution is 2.42. The molecule has 0 unspecified atom stereocenters. The highest BCUT2D eigenvalue weighted by molar-refractivity contribution is 5.86. The van der Waals surface area contributed by atoms with Crippen LogP contribution in [-0.2, 0) is 4.79 Å². The highest BCUT2D eigenvalue weighted by Gasteiger charge is 2.65. The number of ketones is 1. The molecule has 1 heterocycles. The van der Waals surface area contributed by atoms with Crippen LogP contribution in [0, 0.1) is 17.2 Å². The van der Waals surface area contributed by atoms with Crippen molar-refractivity contribution in [3.63, 3.8) is 0 Å². The van der Waals surface area contributed by atoms with E-state index in [1.165, 1.54) is 29.6 Å². The van der Waals surface area contributed by atoms with E-state index in [0.29, 0.717) is 0 Å². The monoisotopic (exact) mass is 327 g/mol. The van der Waals surface area contributed by atoms with Gasteiger partial charge in [-0.1, -0.05) is 12.1 Å². The van der Waals surface area contributed by atoms with Gasteiger partial charge in [-0.25, -0.2) is 4.79 Å². The summed E-state index contributed by atoms with van der Waals surface area (Å²) in [5.41, 5.74) is -3.25. The number of nitriles is 1. The predicted octanol–water partition coefficient (Wildman–Crippen LogP) is 1.37. The molecule has 6 nitrogen and oxygen atoms in total. The number of rotatable bonds is 2. The maximum atomic E-state index is 13.2. The number of carbonyl (C=O) groups is 2. The maximum absolute atomic E-state index is 13.2. The van der Waals surface area contributed by atoms with Crippen LogP contribution < -0.4 is 10.6 Å². The molecule has 1 fully saturated rings. The van der Waals surface area contributed by atoms with Crippen molar-refractivity contribution in [2.24, 2.45) is 5.92 Å². The van der Waals surface area contributed by atoms with Crippen LogP contribution in [0.4, 0.5) is 18.0 Å². The van der Waals surface area contributed by atoms with Gasteiger partial charge in [0, 0.05) is 0 Å². The second kappa shape index (κ2) is 5.55. The van der Waals surface area contributed by atoms with Gasteiger partial charge < -0.3 is 15.7 Å². The zero-order valence-electron chi connectivity index (χ0n) is 11.8. The molecule has 3 atom stereocenters. The van der Waals surface area contributed by atoms with Crippen molar-refractivity contribution >= 4 is 11.8 Å². The Morgan fingerprint density at radius 2 is 1.91 bits per heavy atom. The van der Waals surface area contributed by atoms with E-state index in [1.807, 2.05) is 6.07 Å². The van der Waals surface area contributed by atoms with Gasteiger partial charge in [0.25, 0.3) is 0 Å². The number of Topliss-reactive ketones (excluding diaryl/α,β-unsaturated/α-hetero) is 1. The minimum Gasteiger partial charge on any atom is -0.363 e. The third-order valence-corrected chi connectivity index (χ3v) is 3.64. The van der Waals surface area contributed by atoms with E-state index in [1.54, 1.807) is 0 Å². The Morgan fingerprint density at radius 1 is 1.35 bits per heavy atom. The minimum absolute atomic E-state index is 0.168. The average Bonchev–Trinajstić information content (AvgIpc) is 2.45. The lowest BCUT2D eigenvalue weighted by molar-refractivity contribution is -0.290. The lowest BCUT2D eigenvalue weighted by Gasteiger charge is -2.44. The molecule has 0 saturated carbocycles. The first-order valence-electron chi connectivity index (χ1n) is 6.48. The van der Waals surface area contributed by atoms with Crippen LogP contribution in [0.25, 0.3) is 0 Å². The van der Waals surface area contributed by atoms with Gasteiger partial charge in [0.1, 0.15) is 5.78 Å². The number of alkyl halides is 3. The van der Waals surface area contributed by atoms with Crippen LogP contribution in [0.15, 0.2) is 24.3 Å². The topological polar surface area (TPSA) is 102 Å². The van der Waals surface area contributed by atoms with Gasteiger partial charge in [-0.05, 0) is 24.6 Å². The van der Waals surface area contributed by atoms with Gasteiger partial charge in [-0.2, -0.15) is 18.4 Å². The van der Waals surface area contributed by atoms with Crippen molar-refractivity contribution < 1.29 is 27.9 Å². The number of nitrogens with one attached hydrogen (secondary N) is 2. The summed E-state index contributed by atoms with van der Waals surface area (Å²) < 4.78 is 39.7. The summed E-state index contributed by atoms with van der Waals surface area (Å²) in [6.07, 6.45) is -5.24. The molecule has 0 spiro atoms. The second-order valence-electron chi connectivity index (χ2n) is 5.16. The fraction of sp³-hybridized carbons (Fsp3) is 0.357. The lowest BCUT2D eigenvalue weighted by atomic mass is 9.79. The molecule has 0 aliphatic carbocycles. The van der Waals surface area contributed by atoms with Crippen molar-refractivity contribution in [1.82, 2.24) is 10.6 Å². The lowest BCUT2D eigenvalue weighted by Crippen LogP contribution is -2.72. The summed E-state index contributed by atoms with van der Waals surface area (Å²) in [6.45, 7) is 0.900. The molecule has 1 aromatic carbocycles. The third kappa shape index (κ3) is 2.85. The van der Waals surface area contributed by atoms with Crippen LogP contribution >= 0.6 is 0 Å². The predicted molar refractivity (Wildman–Crippen MR) is 70.7 cm³/mol. The Labute approximate surface area is 128 Å². The Balaban J connectivity index is 2.53. The summed E-state index contributed by atoms with van der Waals surface area (Å²) in [7, 11) is 0. The largest absolute Gasteiger partial charge is 0.437 e. The number of nitrogens with zero attached hydrogens (tertiary/aromatic N) is 1. The molecular formula is C14H12F3N3O3. The molecule has 9 heteroatoms. The van der Waals surface area contributed by atoms with Crippen molar-refractivity contribution in [3.05, 3.63) is 35.4 Å². The number of carbonyl (C=O) groups excluding carboxylic acids is 2. The van der Waals surface area contributed by atoms with E-state index >= 15 is 0 Å². The smallest absolute Gasteiger partial charge is 0.363 e. The van der Waals surface area contributed by atoms with E-state index < -0.39 is 35.7 Å². The van der Waals surface area contributed by atoms with Crippen molar-refractivity contribution in [2.75, 3.05) is 0 Å². The molecule has 3 N–H and O–H groups in total. The number of hydrogen-bond acceptors (Lipinski definition) is 4. The van der Waals surface area contributed by atoms with Gasteiger partial charge in [0.15, 0.2) is 0 Å². The number of halogens is 3. The fourth-order valence-electron chi connectivity index (χ4n) is 2.57. The molecule has 23 heavy (non-hydrogen) atoms. The van der Waals surface area contributed by atoms with Gasteiger partial charge in [-0.3, -0.25) is 4.79 Å². The van der Waals surface area contributed by atoms with E-state index in [-0.39, 0.29) is 11.1 Å². The Bertz CT molecular complexity index is 681. The van der Waals surface area contributed by atoms with Crippen LogP contribution in [0.3, 0.4) is 0 Å². The zero-order chi connectivity index (χ0) is 17.4. The van der Waals surface area contributed by atoms with Crippen LogP contribution in [0.5, 0.6) is 0 Å². The molecule has 2 amide bonds. The van der Waals surface area contributed by atoms with Crippen LogP contribution in [0.1, 0.15) is 24.1 Å². The van der Waals surface area contributed by atoms with Crippen LogP contribution in [-0.4, -0.2) is 28.8 Å². The molecule has 1 saturated heterocycles. The van der Waals surface area contributed by atoms with Gasteiger partial charge in [0.05, 0.1) is 23.6 Å². The molecular weight excluding hydrogens is 315 g/mol. The SMILES string of the molecule is CC(=O)[C@@H]1[C@@H](c2ccc(C#N)cc2)NC(=O)N[C@@]1(O)C(F)(F)F. The molecule has 122 valence electrons. The Morgan fingerprint density at radius 3 is 2.35 bits per heavy atom. The second-order valence-corrected chi connectivity index (χ2v) is 5.16. The summed E-state index contributed by atoms with van der Waals surface area (Å²) in [6, 6.07) is 4.53. The first-order chi connectivity index (χ1) is 10.6. The number of hydrogen-bond donors (Lipinski definition) is 3. The molecule has 0 aromatic heterocycles. The first kappa shape index (κ1) is 16.8. The first-order valence-corrected chi connectivity index (χ1v) is 6.48. The highest BCUT2D eigenvalue weighted by atomic mass is 19.4. The standard InChI is InChI=1S/C14H12F3N3O3/c1-7(21)10-11(9-4-2-8(6-18)3-5-9)19-12(22)20-13(10,23)14(15,16)17/h2-5,10-11,23H,1H3,(H2,19,20,22)/t10-,11-,13+/m1/s1. The molecule has 1 aliphatic rings. The van der Waals surface area contributed by atoms with Gasteiger partial charge in [-0.15, -0.1) is 0 Å². The Kier molecular flexibility index (Phi) is 4.05. The fourth-order valence-corrected chi connectivity index (χ4v) is 2.57. The van der Waals surface area contributed by atoms with Crippen molar-refractivity contribution in [1.29, 1.82) is 5.26 Å². The van der Waals surface area contributed by atoms with Crippen molar-refractivity contribution in [3.8, 4) is 6.07 Å². The van der Waals surface area contributed by atoms with E-state index in [4.69, 9.17) is 5.26 Å². The summed E-state index contributed by atoms with van der Waals surface area (Å²) in [5.74, 6) is -2.93. The molecule has 2 rings (SSSR count). The minimum atomic E-state index is -5.24. The summed E-state index contributed by atoms with van der Waals surface area (Å²) >= 11 is 0. The maximum Gasteiger partial charge on any atom is 0.437 e. The van der Waals surface area contributed by atoms with Gasteiger partial charge in [0.2, 0.25) is 5.72 Å². The van der Waals surface area contributed by atoms with E-state index in [0.717, 1.165) is 6.92 Å². The third-order valence-electron chi connectivity index (χ3n) is 3.64. The zero-order valence-corrected chi connectivity index (χ0v) is 11.8. The van der Waals surface area contributed by atoms with E-state index in [2.05, 4.69) is 5.32 Å². The number of amides is 2. The summed E-state index contributed by atoms with van der Waals surface area (Å²) in [4.78, 5) is 23.3. The van der Waals surface area contributed by atoms with Crippen molar-refractivity contribution in [2.45, 2.75) is 24.9 Å². The molecule has 1 aliphatic heterocycles. The molecule has 0 bridgehead atoms. The normalized spacial score (nSPS) is 27.6. The molecule has 0 radical (unpaired) electrons. The number of benzene rings is 1. The molecule has 1 aromatic rings.